The predicted molar refractivity (Wildman–Crippen MR) is 102 cm³/mol. The third kappa shape index (κ3) is 3.71. The first-order valence-electron chi connectivity index (χ1n) is 7.83. The Kier molecular flexibility index (Phi) is 5.02. The van der Waals surface area contributed by atoms with Crippen LogP contribution in [-0.2, 0) is 10.1 Å². The quantitative estimate of drug-likeness (QED) is 0.512. The number of rotatable bonds is 5. The molecule has 0 saturated carbocycles. The Bertz CT molecular complexity index is 1140. The van der Waals surface area contributed by atoms with Crippen LogP contribution in [0.2, 0.25) is 0 Å². The molecule has 0 spiro atoms. The minimum absolute atomic E-state index is 0.188. The van der Waals surface area contributed by atoms with E-state index in [1.54, 1.807) is 36.4 Å². The van der Waals surface area contributed by atoms with Gasteiger partial charge in [0.25, 0.3) is 10.1 Å². The predicted octanol–water partition coefficient (Wildman–Crippen LogP) is 3.56. The van der Waals surface area contributed by atoms with Gasteiger partial charge in [-0.05, 0) is 23.8 Å². The fourth-order valence-electron chi connectivity index (χ4n) is 2.73. The summed E-state index contributed by atoms with van der Waals surface area (Å²) in [5.74, 6) is 0.732. The smallest absolute Gasteiger partial charge is 0.295 e. The van der Waals surface area contributed by atoms with Gasteiger partial charge in [0.05, 0.1) is 14.2 Å². The van der Waals surface area contributed by atoms with E-state index in [-0.39, 0.29) is 21.7 Å². The van der Waals surface area contributed by atoms with Crippen LogP contribution in [0.25, 0.3) is 10.8 Å². The van der Waals surface area contributed by atoms with E-state index in [4.69, 9.17) is 9.47 Å². The summed E-state index contributed by atoms with van der Waals surface area (Å²) < 4.78 is 43.0. The number of fused-ring (bicyclic) bond motifs is 1. The van der Waals surface area contributed by atoms with Gasteiger partial charge in [-0.25, -0.2) is 0 Å². The zero-order chi connectivity index (χ0) is 19.6. The maximum absolute atomic E-state index is 11.6. The van der Waals surface area contributed by atoms with E-state index in [0.717, 1.165) is 6.07 Å². The lowest BCUT2D eigenvalue weighted by atomic mass is 10.1. The average Bonchev–Trinajstić information content (AvgIpc) is 2.65. The molecule has 140 valence electrons. The number of aromatic hydroxyl groups is 1. The minimum Gasteiger partial charge on any atom is -0.506 e. The second-order valence-corrected chi connectivity index (χ2v) is 7.03. The highest BCUT2D eigenvalue weighted by molar-refractivity contribution is 7.86. The van der Waals surface area contributed by atoms with Gasteiger partial charge in [-0.3, -0.25) is 9.55 Å². The summed E-state index contributed by atoms with van der Waals surface area (Å²) in [5.41, 5.74) is 0.878. The molecule has 0 heterocycles. The number of phenolic OH excluding ortho intramolecular Hbond substituents is 1. The topological polar surface area (TPSA) is 105 Å². The zero-order valence-corrected chi connectivity index (χ0v) is 15.4. The number of phenols is 1. The molecule has 7 nitrogen and oxygen atoms in total. The van der Waals surface area contributed by atoms with Crippen molar-refractivity contribution in [2.45, 2.75) is 4.90 Å². The molecular formula is C19H17NO6S. The first-order chi connectivity index (χ1) is 12.8. The van der Waals surface area contributed by atoms with Crippen molar-refractivity contribution in [1.29, 1.82) is 0 Å². The van der Waals surface area contributed by atoms with Gasteiger partial charge in [0.2, 0.25) is 0 Å². The number of hydrogen-bond acceptors (Lipinski definition) is 6. The maximum Gasteiger partial charge on any atom is 0.295 e. The Morgan fingerprint density at radius 1 is 0.963 bits per heavy atom. The number of aliphatic imine (C=N–C) groups is 1. The van der Waals surface area contributed by atoms with Gasteiger partial charge in [-0.1, -0.05) is 24.3 Å². The summed E-state index contributed by atoms with van der Waals surface area (Å²) in [7, 11) is -1.44. The molecule has 27 heavy (non-hydrogen) atoms. The normalized spacial score (nSPS) is 11.8. The Hall–Kier alpha value is -3.10. The SMILES string of the molecule is COc1ccc(C=Nc2c(O)cc(S(=O)(=O)O)c3ccccc23)cc1OC. The Balaban J connectivity index is 2.13. The molecule has 0 radical (unpaired) electrons. The summed E-state index contributed by atoms with van der Waals surface area (Å²) in [6, 6.07) is 12.7. The molecule has 0 unspecified atom stereocenters. The van der Waals surface area contributed by atoms with E-state index < -0.39 is 10.1 Å². The summed E-state index contributed by atoms with van der Waals surface area (Å²) in [6.07, 6.45) is 1.51. The zero-order valence-electron chi connectivity index (χ0n) is 14.6. The summed E-state index contributed by atoms with van der Waals surface area (Å²) in [6.45, 7) is 0. The van der Waals surface area contributed by atoms with Crippen molar-refractivity contribution in [3.05, 3.63) is 54.1 Å². The number of ether oxygens (including phenoxy) is 2. The molecule has 0 bridgehead atoms. The summed E-state index contributed by atoms with van der Waals surface area (Å²) in [4.78, 5) is 3.94. The third-order valence-corrected chi connectivity index (χ3v) is 4.88. The highest BCUT2D eigenvalue weighted by atomic mass is 32.2. The highest BCUT2D eigenvalue weighted by Crippen LogP contribution is 2.39. The Morgan fingerprint density at radius 2 is 1.63 bits per heavy atom. The van der Waals surface area contributed by atoms with Crippen LogP contribution in [0.15, 0.2) is 58.4 Å². The van der Waals surface area contributed by atoms with E-state index in [0.29, 0.717) is 22.4 Å². The molecule has 0 aliphatic carbocycles. The monoisotopic (exact) mass is 387 g/mol. The second-order valence-electron chi connectivity index (χ2n) is 5.64. The fraction of sp³-hybridized carbons (Fsp3) is 0.105. The molecule has 0 atom stereocenters. The van der Waals surface area contributed by atoms with E-state index in [1.165, 1.54) is 26.5 Å². The maximum atomic E-state index is 11.6. The number of nitrogens with zero attached hydrogens (tertiary/aromatic N) is 1. The van der Waals surface area contributed by atoms with Gasteiger partial charge in [0, 0.05) is 23.1 Å². The van der Waals surface area contributed by atoms with Crippen molar-refractivity contribution in [3.63, 3.8) is 0 Å². The molecule has 2 N–H and O–H groups in total. The van der Waals surface area contributed by atoms with Crippen molar-refractivity contribution in [2.75, 3.05) is 14.2 Å². The highest BCUT2D eigenvalue weighted by Gasteiger charge is 2.19. The molecule has 8 heteroatoms. The van der Waals surface area contributed by atoms with Gasteiger partial charge < -0.3 is 14.6 Å². The van der Waals surface area contributed by atoms with E-state index >= 15 is 0 Å². The molecule has 0 saturated heterocycles. The number of hydrogen-bond donors (Lipinski definition) is 2. The lowest BCUT2D eigenvalue weighted by molar-refractivity contribution is 0.355. The largest absolute Gasteiger partial charge is 0.506 e. The van der Waals surface area contributed by atoms with Crippen LogP contribution < -0.4 is 9.47 Å². The first-order valence-corrected chi connectivity index (χ1v) is 9.27. The van der Waals surface area contributed by atoms with Gasteiger partial charge in [0.15, 0.2) is 11.5 Å². The van der Waals surface area contributed by atoms with Crippen molar-refractivity contribution in [2.24, 2.45) is 4.99 Å². The molecular weight excluding hydrogens is 370 g/mol. The van der Waals surface area contributed by atoms with Crippen molar-refractivity contribution < 1.29 is 27.6 Å². The summed E-state index contributed by atoms with van der Waals surface area (Å²) >= 11 is 0. The third-order valence-electron chi connectivity index (χ3n) is 3.99. The average molecular weight is 387 g/mol. The van der Waals surface area contributed by atoms with E-state index in [9.17, 15) is 18.1 Å². The van der Waals surface area contributed by atoms with Crippen LogP contribution in [0.3, 0.4) is 0 Å². The lowest BCUT2D eigenvalue weighted by Crippen LogP contribution is -1.99. The fourth-order valence-corrected chi connectivity index (χ4v) is 3.45. The van der Waals surface area contributed by atoms with Gasteiger partial charge >= 0.3 is 0 Å². The van der Waals surface area contributed by atoms with Crippen LogP contribution in [-0.4, -0.2) is 38.5 Å². The number of benzene rings is 3. The number of methoxy groups -OCH3 is 2. The lowest BCUT2D eigenvalue weighted by Gasteiger charge is -2.09. The van der Waals surface area contributed by atoms with Crippen molar-refractivity contribution in [3.8, 4) is 17.2 Å². The Morgan fingerprint density at radius 3 is 2.26 bits per heavy atom. The van der Waals surface area contributed by atoms with Crippen LogP contribution >= 0.6 is 0 Å². The van der Waals surface area contributed by atoms with Crippen LogP contribution in [0.5, 0.6) is 17.2 Å². The molecule has 3 rings (SSSR count). The van der Waals surface area contributed by atoms with Gasteiger partial charge in [-0.15, -0.1) is 0 Å². The van der Waals surface area contributed by atoms with E-state index in [1.807, 2.05) is 0 Å². The molecule has 0 fully saturated rings. The van der Waals surface area contributed by atoms with Crippen LogP contribution in [0.4, 0.5) is 5.69 Å². The molecule has 3 aromatic rings. The Labute approximate surface area is 156 Å². The molecule has 3 aromatic carbocycles. The van der Waals surface area contributed by atoms with Crippen molar-refractivity contribution >= 4 is 32.8 Å². The standard InChI is InChI=1S/C19H17NO6S/c1-25-16-8-7-12(9-17(16)26-2)11-20-19-14-6-4-3-5-13(14)18(10-15(19)21)27(22,23)24/h3-11,21H,1-2H3,(H,22,23,24). The second kappa shape index (κ2) is 7.26. The molecule has 0 amide bonds. The van der Waals surface area contributed by atoms with Gasteiger partial charge in [0.1, 0.15) is 16.3 Å². The van der Waals surface area contributed by atoms with Crippen LogP contribution in [0, 0.1) is 0 Å². The summed E-state index contributed by atoms with van der Waals surface area (Å²) in [5, 5.41) is 10.9. The van der Waals surface area contributed by atoms with Gasteiger partial charge in [-0.2, -0.15) is 8.42 Å². The van der Waals surface area contributed by atoms with E-state index in [2.05, 4.69) is 4.99 Å². The minimum atomic E-state index is -4.49. The molecule has 0 aliphatic heterocycles. The van der Waals surface area contributed by atoms with Crippen LogP contribution in [0.1, 0.15) is 5.56 Å². The molecule has 0 aromatic heterocycles. The van der Waals surface area contributed by atoms with Crippen molar-refractivity contribution in [1.82, 2.24) is 0 Å². The molecule has 0 aliphatic rings. The first kappa shape index (κ1) is 18.7.